The maximum Gasteiger partial charge on any atom is 0.0992 e. The van der Waals surface area contributed by atoms with Crippen molar-refractivity contribution in [3.8, 4) is 72.8 Å². The monoisotopic (exact) mass is 637 g/mol. The highest BCUT2D eigenvalue weighted by Crippen LogP contribution is 2.34. The first-order valence-corrected chi connectivity index (χ1v) is 17.2. The van der Waals surface area contributed by atoms with Crippen molar-refractivity contribution in [3.63, 3.8) is 0 Å². The Hall–Kier alpha value is -6.49. The Morgan fingerprint density at radius 2 is 0.720 bits per heavy atom. The van der Waals surface area contributed by atoms with E-state index in [2.05, 4.69) is 176 Å². The largest absolute Gasteiger partial charge is 0.192 e. The summed E-state index contributed by atoms with van der Waals surface area (Å²) in [6, 6.07) is 62.6. The molecule has 0 aromatic heterocycles. The van der Waals surface area contributed by atoms with E-state index >= 15 is 0 Å². The van der Waals surface area contributed by atoms with Crippen molar-refractivity contribution in [3.05, 3.63) is 199 Å². The maximum absolute atomic E-state index is 9.97. The van der Waals surface area contributed by atoms with Crippen molar-refractivity contribution in [1.82, 2.24) is 0 Å². The van der Waals surface area contributed by atoms with Crippen LogP contribution < -0.4 is 0 Å². The molecule has 0 radical (unpaired) electrons. The van der Waals surface area contributed by atoms with Gasteiger partial charge in [0.25, 0.3) is 0 Å². The first-order chi connectivity index (χ1) is 24.7. The van der Waals surface area contributed by atoms with Crippen LogP contribution in [0.15, 0.2) is 188 Å². The average Bonchev–Trinajstić information content (AvgIpc) is 3.21. The van der Waals surface area contributed by atoms with E-state index in [0.29, 0.717) is 5.56 Å². The van der Waals surface area contributed by atoms with Crippen LogP contribution in [0.5, 0.6) is 0 Å². The molecule has 0 atom stereocenters. The average molecular weight is 638 g/mol. The second-order valence-electron chi connectivity index (χ2n) is 12.8. The van der Waals surface area contributed by atoms with Gasteiger partial charge < -0.3 is 0 Å². The van der Waals surface area contributed by atoms with E-state index in [4.69, 9.17) is 0 Å². The standard InChI is InChI=1S/C49H35N/c50-34-35-29-48(33-49(30-35)47-16-8-15-46(32-47)41-23-19-39(20-24-41)37-11-5-2-6-12-37)43-27-25-42(26-28-43)45-14-7-13-44(31-45)40-21-17-38(18-22-40)36-9-3-1-4-10-36/h1,3-5,7-33H,2,6H2. The van der Waals surface area contributed by atoms with Crippen LogP contribution in [0.2, 0.25) is 0 Å². The molecule has 7 aromatic rings. The quantitative estimate of drug-likeness (QED) is 0.171. The van der Waals surface area contributed by atoms with Crippen LogP contribution in [0.25, 0.3) is 72.3 Å². The molecule has 0 saturated carbocycles. The van der Waals surface area contributed by atoms with E-state index in [0.717, 1.165) is 46.2 Å². The Bertz CT molecular complexity index is 2390. The molecule has 0 bridgehead atoms. The van der Waals surface area contributed by atoms with Gasteiger partial charge in [0.15, 0.2) is 0 Å². The lowest BCUT2D eigenvalue weighted by Crippen LogP contribution is -1.88. The summed E-state index contributed by atoms with van der Waals surface area (Å²) >= 11 is 0. The fourth-order valence-electron chi connectivity index (χ4n) is 6.81. The second kappa shape index (κ2) is 13.9. The van der Waals surface area contributed by atoms with Gasteiger partial charge in [-0.25, -0.2) is 0 Å². The van der Waals surface area contributed by atoms with Gasteiger partial charge in [0.2, 0.25) is 0 Å². The summed E-state index contributed by atoms with van der Waals surface area (Å²) < 4.78 is 0. The van der Waals surface area contributed by atoms with E-state index in [-0.39, 0.29) is 0 Å². The summed E-state index contributed by atoms with van der Waals surface area (Å²) in [5.74, 6) is 0. The molecule has 0 saturated heterocycles. The Kier molecular flexibility index (Phi) is 8.59. The van der Waals surface area contributed by atoms with Gasteiger partial charge in [0.05, 0.1) is 11.6 Å². The molecule has 0 unspecified atom stereocenters. The number of hydrogen-bond acceptors (Lipinski definition) is 1. The first kappa shape index (κ1) is 30.8. The van der Waals surface area contributed by atoms with Crippen LogP contribution in [0.3, 0.4) is 0 Å². The van der Waals surface area contributed by atoms with Crippen LogP contribution >= 0.6 is 0 Å². The van der Waals surface area contributed by atoms with Crippen molar-refractivity contribution in [2.45, 2.75) is 12.8 Å². The molecule has 0 N–H and O–H groups in total. The fraction of sp³-hybridized carbons (Fsp3) is 0.0408. The minimum Gasteiger partial charge on any atom is -0.192 e. The number of nitrogens with zero attached hydrogens (tertiary/aromatic N) is 1. The van der Waals surface area contributed by atoms with E-state index in [1.54, 1.807) is 0 Å². The highest BCUT2D eigenvalue weighted by atomic mass is 14.2. The molecule has 7 aromatic carbocycles. The van der Waals surface area contributed by atoms with Crippen LogP contribution in [0, 0.1) is 11.3 Å². The second-order valence-corrected chi connectivity index (χ2v) is 12.8. The molecule has 0 fully saturated rings. The summed E-state index contributed by atoms with van der Waals surface area (Å²) in [4.78, 5) is 0. The van der Waals surface area contributed by atoms with E-state index in [1.807, 2.05) is 18.2 Å². The molecular formula is C49H35N. The minimum atomic E-state index is 0.649. The van der Waals surface area contributed by atoms with Gasteiger partial charge >= 0.3 is 0 Å². The zero-order valence-corrected chi connectivity index (χ0v) is 27.8. The SMILES string of the molecule is N#Cc1cc(-c2ccc(-c3cccc(-c4ccc(-c5ccccc5)cc4)c3)cc2)cc(-c2cccc(-c3ccc(C4=CCCC=C4)cc3)c2)c1. The summed E-state index contributed by atoms with van der Waals surface area (Å²) in [5.41, 5.74) is 16.9. The first-order valence-electron chi connectivity index (χ1n) is 17.2. The third-order valence-electron chi connectivity index (χ3n) is 9.54. The highest BCUT2D eigenvalue weighted by molar-refractivity contribution is 5.82. The van der Waals surface area contributed by atoms with Crippen molar-refractivity contribution in [1.29, 1.82) is 5.26 Å². The normalized spacial score (nSPS) is 12.3. The number of benzene rings is 7. The topological polar surface area (TPSA) is 23.8 Å². The molecule has 0 heterocycles. The lowest BCUT2D eigenvalue weighted by Gasteiger charge is -2.12. The Morgan fingerprint density at radius 3 is 1.20 bits per heavy atom. The Labute approximate surface area is 294 Å². The predicted octanol–water partition coefficient (Wildman–Crippen LogP) is 13.3. The maximum atomic E-state index is 9.97. The molecule has 0 aliphatic heterocycles. The highest BCUT2D eigenvalue weighted by Gasteiger charge is 2.10. The molecule has 1 heteroatoms. The molecule has 0 spiro atoms. The lowest BCUT2D eigenvalue weighted by molar-refractivity contribution is 1.04. The zero-order valence-electron chi connectivity index (χ0n) is 27.8. The summed E-state index contributed by atoms with van der Waals surface area (Å²) in [7, 11) is 0. The van der Waals surface area contributed by atoms with Gasteiger partial charge in [0.1, 0.15) is 0 Å². The summed E-state index contributed by atoms with van der Waals surface area (Å²) in [6.07, 6.45) is 9.00. The van der Waals surface area contributed by atoms with Crippen LogP contribution in [-0.2, 0) is 0 Å². The van der Waals surface area contributed by atoms with Gasteiger partial charge in [-0.2, -0.15) is 5.26 Å². The molecule has 50 heavy (non-hydrogen) atoms. The van der Waals surface area contributed by atoms with Gasteiger partial charge in [-0.15, -0.1) is 0 Å². The van der Waals surface area contributed by atoms with Crippen molar-refractivity contribution in [2.75, 3.05) is 0 Å². The van der Waals surface area contributed by atoms with Gasteiger partial charge in [-0.05, 0) is 121 Å². The van der Waals surface area contributed by atoms with Crippen molar-refractivity contribution >= 4 is 5.57 Å². The van der Waals surface area contributed by atoms with Crippen LogP contribution in [0.1, 0.15) is 24.0 Å². The summed E-state index contributed by atoms with van der Waals surface area (Å²) in [6.45, 7) is 0. The number of nitriles is 1. The molecule has 236 valence electrons. The Balaban J connectivity index is 1.04. The van der Waals surface area contributed by atoms with E-state index < -0.39 is 0 Å². The summed E-state index contributed by atoms with van der Waals surface area (Å²) in [5, 5.41) is 9.97. The third kappa shape index (κ3) is 6.61. The number of rotatable bonds is 7. The van der Waals surface area contributed by atoms with Gasteiger partial charge in [-0.1, -0.05) is 158 Å². The predicted molar refractivity (Wildman–Crippen MR) is 210 cm³/mol. The van der Waals surface area contributed by atoms with Gasteiger partial charge in [-0.3, -0.25) is 0 Å². The Morgan fingerprint density at radius 1 is 0.340 bits per heavy atom. The third-order valence-corrected chi connectivity index (χ3v) is 9.54. The smallest absolute Gasteiger partial charge is 0.0992 e. The van der Waals surface area contributed by atoms with Gasteiger partial charge in [0, 0.05) is 0 Å². The zero-order chi connectivity index (χ0) is 33.7. The number of hydrogen-bond donors (Lipinski definition) is 0. The van der Waals surface area contributed by atoms with E-state index in [1.165, 1.54) is 44.5 Å². The molecular weight excluding hydrogens is 603 g/mol. The molecule has 1 nitrogen and oxygen atoms in total. The molecule has 1 aliphatic rings. The van der Waals surface area contributed by atoms with Crippen molar-refractivity contribution < 1.29 is 0 Å². The molecule has 8 rings (SSSR count). The molecule has 1 aliphatic carbocycles. The van der Waals surface area contributed by atoms with Crippen LogP contribution in [0.4, 0.5) is 0 Å². The van der Waals surface area contributed by atoms with Crippen LogP contribution in [-0.4, -0.2) is 0 Å². The fourth-order valence-corrected chi connectivity index (χ4v) is 6.81. The minimum absolute atomic E-state index is 0.649. The van der Waals surface area contributed by atoms with E-state index in [9.17, 15) is 5.26 Å². The molecule has 0 amide bonds. The number of allylic oxidation sites excluding steroid dienone is 4. The lowest BCUT2D eigenvalue weighted by atomic mass is 9.92. The van der Waals surface area contributed by atoms with Crippen molar-refractivity contribution in [2.24, 2.45) is 0 Å².